The number of rotatable bonds is 4. The van der Waals surface area contributed by atoms with Crippen LogP contribution in [0.4, 0.5) is 26.3 Å². The number of nitrogens with zero attached hydrogens (tertiary/aromatic N) is 4. The van der Waals surface area contributed by atoms with E-state index < -0.39 is 29.4 Å². The van der Waals surface area contributed by atoms with Gasteiger partial charge in [-0.05, 0) is 35.2 Å². The van der Waals surface area contributed by atoms with Crippen LogP contribution in [0.15, 0.2) is 55.0 Å². The van der Waals surface area contributed by atoms with Crippen molar-refractivity contribution in [3.05, 3.63) is 77.5 Å². The molecule has 1 aromatic carbocycles. The fourth-order valence-electron chi connectivity index (χ4n) is 3.48. The molecular formula is C21H14F6N4O. The standard InChI is InChI=1S/C21H14F6N4O/c1-32-19-16-4-2-3-12(15(16)6-8-29-19)9-13-11-30-31(18(13)21(25,26)27)14-5-7-28-17(10-14)20(22,23)24/h2-8,10-11H,9H2,1H3. The molecule has 3 aromatic heterocycles. The first kappa shape index (κ1) is 21.6. The predicted octanol–water partition coefficient (Wildman–Crippen LogP) is 5.45. The highest BCUT2D eigenvalue weighted by Gasteiger charge is 2.39. The summed E-state index contributed by atoms with van der Waals surface area (Å²) in [5, 5.41) is 5.02. The fraction of sp³-hybridized carbons (Fsp3) is 0.190. The van der Waals surface area contributed by atoms with Gasteiger partial charge in [0.15, 0.2) is 5.69 Å². The van der Waals surface area contributed by atoms with Gasteiger partial charge in [-0.3, -0.25) is 4.98 Å². The second-order valence-electron chi connectivity index (χ2n) is 6.83. The Balaban J connectivity index is 1.83. The summed E-state index contributed by atoms with van der Waals surface area (Å²) in [7, 11) is 1.43. The van der Waals surface area contributed by atoms with E-state index in [4.69, 9.17) is 4.74 Å². The van der Waals surface area contributed by atoms with Gasteiger partial charge in [0, 0.05) is 29.8 Å². The van der Waals surface area contributed by atoms with E-state index in [-0.39, 0.29) is 12.0 Å². The van der Waals surface area contributed by atoms with Crippen molar-refractivity contribution >= 4 is 10.8 Å². The Hall–Kier alpha value is -3.63. The first-order chi connectivity index (χ1) is 15.1. The molecule has 0 bridgehead atoms. The lowest BCUT2D eigenvalue weighted by molar-refractivity contribution is -0.143. The van der Waals surface area contributed by atoms with Gasteiger partial charge in [0.1, 0.15) is 5.69 Å². The molecule has 0 spiro atoms. The number of methoxy groups -OCH3 is 1. The molecule has 11 heteroatoms. The maximum Gasteiger partial charge on any atom is 0.433 e. The number of benzene rings is 1. The summed E-state index contributed by atoms with van der Waals surface area (Å²) in [6.07, 6.45) is -6.54. The zero-order chi connectivity index (χ0) is 23.1. The zero-order valence-electron chi connectivity index (χ0n) is 16.4. The van der Waals surface area contributed by atoms with Crippen molar-refractivity contribution in [3.8, 4) is 11.6 Å². The van der Waals surface area contributed by atoms with Gasteiger partial charge in [0.2, 0.25) is 5.88 Å². The van der Waals surface area contributed by atoms with Crippen LogP contribution < -0.4 is 4.74 Å². The Morgan fingerprint density at radius 2 is 1.62 bits per heavy atom. The smallest absolute Gasteiger partial charge is 0.433 e. The lowest BCUT2D eigenvalue weighted by Crippen LogP contribution is -2.17. The summed E-state index contributed by atoms with van der Waals surface area (Å²) < 4.78 is 86.5. The molecule has 0 saturated carbocycles. The van der Waals surface area contributed by atoms with Crippen molar-refractivity contribution in [1.82, 2.24) is 19.7 Å². The summed E-state index contributed by atoms with van der Waals surface area (Å²) in [4.78, 5) is 7.27. The maximum atomic E-state index is 14.0. The van der Waals surface area contributed by atoms with Crippen LogP contribution in [0.2, 0.25) is 0 Å². The molecule has 0 aliphatic heterocycles. The van der Waals surface area contributed by atoms with Crippen LogP contribution in [0.5, 0.6) is 5.88 Å². The minimum Gasteiger partial charge on any atom is -0.481 e. The molecule has 4 rings (SSSR count). The normalized spacial score (nSPS) is 12.3. The van der Waals surface area contributed by atoms with E-state index in [1.165, 1.54) is 13.3 Å². The van der Waals surface area contributed by atoms with Gasteiger partial charge in [-0.15, -0.1) is 0 Å². The molecule has 3 heterocycles. The maximum absolute atomic E-state index is 14.0. The molecule has 4 aromatic rings. The minimum atomic E-state index is -4.86. The molecular weight excluding hydrogens is 438 g/mol. The monoisotopic (exact) mass is 452 g/mol. The number of aromatic nitrogens is 4. The second kappa shape index (κ2) is 7.81. The van der Waals surface area contributed by atoms with E-state index in [2.05, 4.69) is 15.1 Å². The summed E-state index contributed by atoms with van der Waals surface area (Å²) >= 11 is 0. The lowest BCUT2D eigenvalue weighted by atomic mass is 9.99. The quantitative estimate of drug-likeness (QED) is 0.387. The predicted molar refractivity (Wildman–Crippen MR) is 102 cm³/mol. The second-order valence-corrected chi connectivity index (χ2v) is 6.83. The Kier molecular flexibility index (Phi) is 5.27. The van der Waals surface area contributed by atoms with Gasteiger partial charge in [0.05, 0.1) is 19.0 Å². The van der Waals surface area contributed by atoms with Crippen LogP contribution in [0.1, 0.15) is 22.5 Å². The van der Waals surface area contributed by atoms with Gasteiger partial charge < -0.3 is 4.74 Å². The third kappa shape index (κ3) is 3.97. The molecule has 0 N–H and O–H groups in total. The molecule has 0 aliphatic carbocycles. The van der Waals surface area contributed by atoms with Crippen LogP contribution in [-0.4, -0.2) is 26.9 Å². The van der Waals surface area contributed by atoms with E-state index in [0.29, 0.717) is 33.0 Å². The molecule has 0 aliphatic rings. The molecule has 0 saturated heterocycles. The third-order valence-corrected chi connectivity index (χ3v) is 4.83. The Morgan fingerprint density at radius 1 is 0.875 bits per heavy atom. The number of hydrogen-bond donors (Lipinski definition) is 0. The fourth-order valence-corrected chi connectivity index (χ4v) is 3.48. The Labute approximate surface area is 177 Å². The molecule has 0 amide bonds. The van der Waals surface area contributed by atoms with E-state index in [1.54, 1.807) is 24.3 Å². The van der Waals surface area contributed by atoms with Gasteiger partial charge in [-0.1, -0.05) is 12.1 Å². The minimum absolute atomic E-state index is 0.156. The van der Waals surface area contributed by atoms with Gasteiger partial charge in [0.25, 0.3) is 0 Å². The first-order valence-corrected chi connectivity index (χ1v) is 9.18. The number of fused-ring (bicyclic) bond motifs is 1. The lowest BCUT2D eigenvalue weighted by Gasteiger charge is -2.14. The van der Waals surface area contributed by atoms with Gasteiger partial charge >= 0.3 is 12.4 Å². The van der Waals surface area contributed by atoms with Gasteiger partial charge in [-0.25, -0.2) is 9.67 Å². The summed E-state index contributed by atoms with van der Waals surface area (Å²) in [5.41, 5.74) is -2.50. The van der Waals surface area contributed by atoms with E-state index >= 15 is 0 Å². The van der Waals surface area contributed by atoms with Crippen molar-refractivity contribution in [2.75, 3.05) is 7.11 Å². The van der Waals surface area contributed by atoms with Crippen molar-refractivity contribution in [3.63, 3.8) is 0 Å². The number of ether oxygens (including phenoxy) is 1. The Morgan fingerprint density at radius 3 is 2.31 bits per heavy atom. The highest BCUT2D eigenvalue weighted by atomic mass is 19.4. The molecule has 0 fully saturated rings. The first-order valence-electron chi connectivity index (χ1n) is 9.18. The summed E-state index contributed by atoms with van der Waals surface area (Å²) in [6.45, 7) is 0. The van der Waals surface area contributed by atoms with Gasteiger partial charge in [-0.2, -0.15) is 31.4 Å². The molecule has 0 atom stereocenters. The highest BCUT2D eigenvalue weighted by molar-refractivity contribution is 5.89. The van der Waals surface area contributed by atoms with Crippen molar-refractivity contribution in [1.29, 1.82) is 0 Å². The van der Waals surface area contributed by atoms with Crippen LogP contribution in [-0.2, 0) is 18.8 Å². The molecule has 0 unspecified atom stereocenters. The molecule has 166 valence electrons. The number of halogens is 6. The number of hydrogen-bond acceptors (Lipinski definition) is 4. The highest BCUT2D eigenvalue weighted by Crippen LogP contribution is 2.37. The van der Waals surface area contributed by atoms with Crippen LogP contribution >= 0.6 is 0 Å². The molecule has 5 nitrogen and oxygen atoms in total. The molecule has 0 radical (unpaired) electrons. The van der Waals surface area contributed by atoms with Crippen molar-refractivity contribution in [2.24, 2.45) is 0 Å². The average molecular weight is 452 g/mol. The summed E-state index contributed by atoms with van der Waals surface area (Å²) in [6, 6.07) is 8.28. The Bertz CT molecular complexity index is 1280. The zero-order valence-corrected chi connectivity index (χ0v) is 16.4. The topological polar surface area (TPSA) is 52.8 Å². The van der Waals surface area contributed by atoms with Crippen LogP contribution in [0, 0.1) is 0 Å². The van der Waals surface area contributed by atoms with Crippen LogP contribution in [0.3, 0.4) is 0 Å². The largest absolute Gasteiger partial charge is 0.481 e. The SMILES string of the molecule is COc1nccc2c(Cc3cnn(-c4ccnc(C(F)(F)F)c4)c3C(F)(F)F)cccc12. The van der Waals surface area contributed by atoms with E-state index in [0.717, 1.165) is 18.5 Å². The van der Waals surface area contributed by atoms with Crippen molar-refractivity contribution in [2.45, 2.75) is 18.8 Å². The number of pyridine rings is 2. The third-order valence-electron chi connectivity index (χ3n) is 4.83. The number of alkyl halides is 6. The van der Waals surface area contributed by atoms with E-state index in [9.17, 15) is 26.3 Å². The van der Waals surface area contributed by atoms with Crippen LogP contribution in [0.25, 0.3) is 16.5 Å². The summed E-state index contributed by atoms with van der Waals surface area (Å²) in [5.74, 6) is 0.326. The van der Waals surface area contributed by atoms with Crippen molar-refractivity contribution < 1.29 is 31.1 Å². The van der Waals surface area contributed by atoms with E-state index in [1.807, 2.05) is 0 Å². The average Bonchev–Trinajstić information content (AvgIpc) is 3.17. The molecule has 32 heavy (non-hydrogen) atoms.